The van der Waals surface area contributed by atoms with Crippen molar-refractivity contribution < 1.29 is 9.53 Å². The lowest BCUT2D eigenvalue weighted by Gasteiger charge is -2.31. The molecule has 1 unspecified atom stereocenters. The van der Waals surface area contributed by atoms with E-state index in [1.807, 2.05) is 20.8 Å². The van der Waals surface area contributed by atoms with E-state index >= 15 is 0 Å². The quantitative estimate of drug-likeness (QED) is 0.775. The Hall–Kier alpha value is -0.770. The molecule has 98 valence electrons. The first-order valence-corrected chi connectivity index (χ1v) is 6.64. The van der Waals surface area contributed by atoms with Gasteiger partial charge in [0.1, 0.15) is 5.60 Å². The molecule has 2 aliphatic rings. The van der Waals surface area contributed by atoms with Crippen LogP contribution in [0.3, 0.4) is 0 Å². The molecule has 1 heterocycles. The average Bonchev–Trinajstić information content (AvgIpc) is 2.97. The van der Waals surface area contributed by atoms with Crippen LogP contribution in [0.4, 0.5) is 4.79 Å². The molecule has 2 rings (SSSR count). The van der Waals surface area contributed by atoms with Crippen LogP contribution in [0, 0.1) is 11.8 Å². The van der Waals surface area contributed by atoms with Crippen LogP contribution in [0.1, 0.15) is 40.0 Å². The van der Waals surface area contributed by atoms with Crippen LogP contribution in [0.25, 0.3) is 0 Å². The van der Waals surface area contributed by atoms with Gasteiger partial charge in [0.15, 0.2) is 0 Å². The topological polar surface area (TPSA) is 50.4 Å². The van der Waals surface area contributed by atoms with E-state index in [1.165, 1.54) is 12.8 Å². The number of nitrogens with one attached hydrogen (secondary N) is 2. The van der Waals surface area contributed by atoms with Crippen molar-refractivity contribution in [2.75, 3.05) is 13.1 Å². The number of rotatable bonds is 2. The van der Waals surface area contributed by atoms with Gasteiger partial charge in [0.2, 0.25) is 0 Å². The first-order valence-electron chi connectivity index (χ1n) is 6.64. The van der Waals surface area contributed by atoms with Crippen molar-refractivity contribution in [1.82, 2.24) is 10.6 Å². The molecule has 1 amide bonds. The molecule has 0 aromatic rings. The van der Waals surface area contributed by atoms with Crippen LogP contribution in [-0.2, 0) is 4.74 Å². The first kappa shape index (κ1) is 12.7. The van der Waals surface area contributed by atoms with E-state index in [2.05, 4.69) is 10.6 Å². The van der Waals surface area contributed by atoms with Gasteiger partial charge in [-0.2, -0.15) is 0 Å². The Morgan fingerprint density at radius 3 is 2.53 bits per heavy atom. The molecule has 0 spiro atoms. The number of amides is 1. The summed E-state index contributed by atoms with van der Waals surface area (Å²) < 4.78 is 5.27. The molecule has 0 aromatic heterocycles. The lowest BCUT2D eigenvalue weighted by molar-refractivity contribution is 0.0487. The number of hydrogen-bond donors (Lipinski definition) is 2. The van der Waals surface area contributed by atoms with Crippen LogP contribution in [0.5, 0.6) is 0 Å². The smallest absolute Gasteiger partial charge is 0.407 e. The van der Waals surface area contributed by atoms with Gasteiger partial charge in [0.25, 0.3) is 0 Å². The second kappa shape index (κ2) is 4.84. The largest absolute Gasteiger partial charge is 0.444 e. The van der Waals surface area contributed by atoms with E-state index in [1.54, 1.807) is 0 Å². The number of hydrogen-bond acceptors (Lipinski definition) is 3. The molecule has 4 nitrogen and oxygen atoms in total. The summed E-state index contributed by atoms with van der Waals surface area (Å²) in [5, 5.41) is 6.37. The Morgan fingerprint density at radius 1 is 1.24 bits per heavy atom. The summed E-state index contributed by atoms with van der Waals surface area (Å²) in [6.07, 6.45) is 3.54. The molecule has 2 fully saturated rings. The Morgan fingerprint density at radius 2 is 1.94 bits per heavy atom. The highest BCUT2D eigenvalue weighted by molar-refractivity contribution is 5.68. The molecule has 1 saturated heterocycles. The summed E-state index contributed by atoms with van der Waals surface area (Å²) in [6, 6.07) is 0.226. The van der Waals surface area contributed by atoms with Gasteiger partial charge in [-0.3, -0.25) is 0 Å². The monoisotopic (exact) mass is 240 g/mol. The number of ether oxygens (including phenoxy) is 1. The van der Waals surface area contributed by atoms with Gasteiger partial charge in [-0.05, 0) is 58.4 Å². The highest BCUT2D eigenvalue weighted by Crippen LogP contribution is 2.39. The standard InChI is InChI=1S/C13H24N2O2/c1-13(2,3)17-12(16)15-11-6-10(7-14-8-11)9-4-5-9/h9-11,14H,4-8H2,1-3H3,(H,15,16)/t10?,11-/m1/s1. The van der Waals surface area contributed by atoms with Crippen LogP contribution >= 0.6 is 0 Å². The first-order chi connectivity index (χ1) is 7.94. The third kappa shape index (κ3) is 4.19. The van der Waals surface area contributed by atoms with E-state index in [0.29, 0.717) is 0 Å². The van der Waals surface area contributed by atoms with Gasteiger partial charge in [-0.25, -0.2) is 4.79 Å². The van der Waals surface area contributed by atoms with Gasteiger partial charge in [-0.1, -0.05) is 0 Å². The van der Waals surface area contributed by atoms with E-state index in [-0.39, 0.29) is 12.1 Å². The Kier molecular flexibility index (Phi) is 3.61. The van der Waals surface area contributed by atoms with E-state index in [0.717, 1.165) is 31.3 Å². The number of alkyl carbamates (subject to hydrolysis) is 1. The van der Waals surface area contributed by atoms with Crippen LogP contribution in [0.15, 0.2) is 0 Å². The molecule has 17 heavy (non-hydrogen) atoms. The minimum absolute atomic E-state index is 0.226. The molecule has 4 heteroatoms. The molecule has 1 saturated carbocycles. The lowest BCUT2D eigenvalue weighted by atomic mass is 9.91. The number of carbonyl (C=O) groups is 1. The van der Waals surface area contributed by atoms with E-state index in [9.17, 15) is 4.79 Å². The Balaban J connectivity index is 1.76. The molecular weight excluding hydrogens is 216 g/mol. The molecule has 0 aromatic carbocycles. The maximum Gasteiger partial charge on any atom is 0.407 e. The molecule has 1 aliphatic heterocycles. The minimum Gasteiger partial charge on any atom is -0.444 e. The van der Waals surface area contributed by atoms with Crippen LogP contribution in [0.2, 0.25) is 0 Å². The number of carbonyl (C=O) groups excluding carboxylic acids is 1. The summed E-state index contributed by atoms with van der Waals surface area (Å²) in [6.45, 7) is 7.63. The van der Waals surface area contributed by atoms with Crippen molar-refractivity contribution in [3.8, 4) is 0 Å². The minimum atomic E-state index is -0.415. The fraction of sp³-hybridized carbons (Fsp3) is 0.923. The molecule has 2 N–H and O–H groups in total. The summed E-state index contributed by atoms with van der Waals surface area (Å²) in [7, 11) is 0. The molecule has 2 atom stereocenters. The predicted molar refractivity (Wildman–Crippen MR) is 66.9 cm³/mol. The third-order valence-corrected chi connectivity index (χ3v) is 3.39. The van der Waals surface area contributed by atoms with Crippen LogP contribution in [-0.4, -0.2) is 30.8 Å². The van der Waals surface area contributed by atoms with Crippen molar-refractivity contribution in [1.29, 1.82) is 0 Å². The van der Waals surface area contributed by atoms with E-state index < -0.39 is 5.60 Å². The summed E-state index contributed by atoms with van der Waals surface area (Å²) in [4.78, 5) is 11.7. The van der Waals surface area contributed by atoms with Crippen molar-refractivity contribution in [2.24, 2.45) is 11.8 Å². The van der Waals surface area contributed by atoms with Gasteiger partial charge in [0, 0.05) is 12.6 Å². The van der Waals surface area contributed by atoms with Crippen molar-refractivity contribution in [3.63, 3.8) is 0 Å². The third-order valence-electron chi connectivity index (χ3n) is 3.39. The van der Waals surface area contributed by atoms with Gasteiger partial charge in [0.05, 0.1) is 0 Å². The van der Waals surface area contributed by atoms with Crippen molar-refractivity contribution in [3.05, 3.63) is 0 Å². The Labute approximate surface area is 103 Å². The molecular formula is C13H24N2O2. The molecule has 0 bridgehead atoms. The van der Waals surface area contributed by atoms with Gasteiger partial charge >= 0.3 is 6.09 Å². The zero-order valence-electron chi connectivity index (χ0n) is 11.1. The molecule has 0 radical (unpaired) electrons. The lowest BCUT2D eigenvalue weighted by Crippen LogP contribution is -2.50. The summed E-state index contributed by atoms with van der Waals surface area (Å²) >= 11 is 0. The molecule has 1 aliphatic carbocycles. The number of piperidine rings is 1. The zero-order valence-corrected chi connectivity index (χ0v) is 11.1. The maximum atomic E-state index is 11.7. The highest BCUT2D eigenvalue weighted by atomic mass is 16.6. The zero-order chi connectivity index (χ0) is 12.5. The normalized spacial score (nSPS) is 29.8. The Bertz CT molecular complexity index is 282. The maximum absolute atomic E-state index is 11.7. The van der Waals surface area contributed by atoms with Gasteiger partial charge in [-0.15, -0.1) is 0 Å². The van der Waals surface area contributed by atoms with Crippen molar-refractivity contribution in [2.45, 2.75) is 51.7 Å². The summed E-state index contributed by atoms with van der Waals surface area (Å²) in [5.41, 5.74) is -0.415. The van der Waals surface area contributed by atoms with Gasteiger partial charge < -0.3 is 15.4 Å². The van der Waals surface area contributed by atoms with Crippen molar-refractivity contribution >= 4 is 6.09 Å². The predicted octanol–water partition coefficient (Wildman–Crippen LogP) is 1.90. The average molecular weight is 240 g/mol. The fourth-order valence-corrected chi connectivity index (χ4v) is 2.49. The SMILES string of the molecule is CC(C)(C)OC(=O)N[C@H]1CNCC(C2CC2)C1. The fourth-order valence-electron chi connectivity index (χ4n) is 2.49. The summed E-state index contributed by atoms with van der Waals surface area (Å²) in [5.74, 6) is 1.63. The second-order valence-corrected chi connectivity index (χ2v) is 6.33. The van der Waals surface area contributed by atoms with E-state index in [4.69, 9.17) is 4.74 Å². The highest BCUT2D eigenvalue weighted by Gasteiger charge is 2.35. The second-order valence-electron chi connectivity index (χ2n) is 6.33. The van der Waals surface area contributed by atoms with Crippen LogP contribution < -0.4 is 10.6 Å².